The summed E-state index contributed by atoms with van der Waals surface area (Å²) in [6.45, 7) is 3.17. The number of nitrogens with one attached hydrogen (secondary N) is 1. The predicted molar refractivity (Wildman–Crippen MR) is 97.3 cm³/mol. The first-order chi connectivity index (χ1) is 12.8. The number of nitriles is 1. The topological polar surface area (TPSA) is 82.4 Å². The quantitative estimate of drug-likeness (QED) is 0.879. The van der Waals surface area contributed by atoms with E-state index in [0.29, 0.717) is 37.2 Å². The van der Waals surface area contributed by atoms with Crippen LogP contribution in [0.5, 0.6) is 0 Å². The number of fused-ring (bicyclic) bond motifs is 1. The number of halogens is 1. The summed E-state index contributed by atoms with van der Waals surface area (Å²) in [5, 5.41) is 12.1. The Kier molecular flexibility index (Phi) is 5.03. The summed E-state index contributed by atoms with van der Waals surface area (Å²) in [5.41, 5.74) is 1.04. The minimum Gasteiger partial charge on any atom is -0.378 e. The molecular formula is C20H22FN3O3. The van der Waals surface area contributed by atoms with Gasteiger partial charge in [0.25, 0.3) is 5.91 Å². The molecule has 142 valence electrons. The molecule has 0 spiro atoms. The summed E-state index contributed by atoms with van der Waals surface area (Å²) >= 11 is 0. The van der Waals surface area contributed by atoms with E-state index in [0.717, 1.165) is 6.07 Å². The average Bonchev–Trinajstić information content (AvgIpc) is 2.67. The van der Waals surface area contributed by atoms with Gasteiger partial charge in [0.15, 0.2) is 5.78 Å². The highest BCUT2D eigenvalue weighted by Gasteiger charge is 2.36. The first kappa shape index (κ1) is 19.1. The van der Waals surface area contributed by atoms with Crippen molar-refractivity contribution in [1.29, 1.82) is 5.26 Å². The van der Waals surface area contributed by atoms with E-state index < -0.39 is 17.5 Å². The van der Waals surface area contributed by atoms with Gasteiger partial charge in [-0.1, -0.05) is 0 Å². The molecule has 1 amide bonds. The highest BCUT2D eigenvalue weighted by molar-refractivity contribution is 6.10. The summed E-state index contributed by atoms with van der Waals surface area (Å²) in [5.74, 6) is -1.42. The SMILES string of the molecule is CNC(=O)c1cc(F)c2c(c1)C(N1CCC(C)(OC)CC1)=C(C#N)C(=O)C2. The van der Waals surface area contributed by atoms with Gasteiger partial charge < -0.3 is 15.0 Å². The lowest BCUT2D eigenvalue weighted by molar-refractivity contribution is -0.114. The maximum absolute atomic E-state index is 14.7. The second-order valence-corrected chi connectivity index (χ2v) is 7.14. The van der Waals surface area contributed by atoms with Crippen molar-refractivity contribution in [3.05, 3.63) is 40.2 Å². The first-order valence-electron chi connectivity index (χ1n) is 8.86. The van der Waals surface area contributed by atoms with Crippen LogP contribution < -0.4 is 5.32 Å². The van der Waals surface area contributed by atoms with Crippen molar-refractivity contribution in [2.24, 2.45) is 0 Å². The Morgan fingerprint density at radius 2 is 2.04 bits per heavy atom. The lowest BCUT2D eigenvalue weighted by Gasteiger charge is -2.41. The fourth-order valence-corrected chi connectivity index (χ4v) is 3.67. The van der Waals surface area contributed by atoms with Crippen LogP contribution in [-0.2, 0) is 16.0 Å². The second-order valence-electron chi connectivity index (χ2n) is 7.14. The minimum absolute atomic E-state index is 0.0250. The van der Waals surface area contributed by atoms with Crippen LogP contribution in [0.3, 0.4) is 0 Å². The fourth-order valence-electron chi connectivity index (χ4n) is 3.67. The summed E-state index contributed by atoms with van der Waals surface area (Å²) in [6.07, 6.45) is 1.25. The Labute approximate surface area is 157 Å². The zero-order chi connectivity index (χ0) is 19.8. The molecule has 7 heteroatoms. The number of ether oxygens (including phenoxy) is 1. The first-order valence-corrected chi connectivity index (χ1v) is 8.86. The summed E-state index contributed by atoms with van der Waals surface area (Å²) in [6, 6.07) is 4.70. The van der Waals surface area contributed by atoms with Crippen molar-refractivity contribution in [3.63, 3.8) is 0 Å². The normalized spacial score (nSPS) is 18.8. The molecular weight excluding hydrogens is 349 g/mol. The van der Waals surface area contributed by atoms with E-state index in [1.807, 2.05) is 17.9 Å². The van der Waals surface area contributed by atoms with Crippen LogP contribution in [0.15, 0.2) is 17.7 Å². The van der Waals surface area contributed by atoms with E-state index in [1.165, 1.54) is 7.05 Å². The lowest BCUT2D eigenvalue weighted by Crippen LogP contribution is -2.44. The number of allylic oxidation sites excluding steroid dienone is 1. The summed E-state index contributed by atoms with van der Waals surface area (Å²) in [4.78, 5) is 26.4. The van der Waals surface area contributed by atoms with E-state index >= 15 is 0 Å². The molecule has 0 radical (unpaired) electrons. The van der Waals surface area contributed by atoms with E-state index in [-0.39, 0.29) is 28.7 Å². The molecule has 0 unspecified atom stereocenters. The number of carbonyl (C=O) groups is 2. The highest BCUT2D eigenvalue weighted by Crippen LogP contribution is 2.37. The third-order valence-corrected chi connectivity index (χ3v) is 5.53. The van der Waals surface area contributed by atoms with Gasteiger partial charge in [-0.2, -0.15) is 5.26 Å². The second kappa shape index (κ2) is 7.12. The summed E-state index contributed by atoms with van der Waals surface area (Å²) < 4.78 is 20.2. The standard InChI is InChI=1S/C20H22FN3O3/c1-20(27-3)4-6-24(7-5-20)18-14-8-12(19(26)23-2)9-16(21)13(14)10-17(25)15(18)11-22/h8-9H,4-7,10H2,1-3H3,(H,23,26). The highest BCUT2D eigenvalue weighted by atomic mass is 19.1. The Bertz CT molecular complexity index is 877. The van der Waals surface area contributed by atoms with Crippen LogP contribution >= 0.6 is 0 Å². The van der Waals surface area contributed by atoms with Crippen LogP contribution in [0, 0.1) is 17.1 Å². The molecule has 1 saturated heterocycles. The van der Waals surface area contributed by atoms with Crippen molar-refractivity contribution in [1.82, 2.24) is 10.2 Å². The molecule has 1 heterocycles. The van der Waals surface area contributed by atoms with Crippen molar-refractivity contribution < 1.29 is 18.7 Å². The monoisotopic (exact) mass is 371 g/mol. The van der Waals surface area contributed by atoms with Crippen molar-refractivity contribution in [2.45, 2.75) is 31.8 Å². The molecule has 1 fully saturated rings. The number of benzene rings is 1. The summed E-state index contributed by atoms with van der Waals surface area (Å²) in [7, 11) is 3.14. The molecule has 0 bridgehead atoms. The average molecular weight is 371 g/mol. The van der Waals surface area contributed by atoms with E-state index in [2.05, 4.69) is 5.32 Å². The van der Waals surface area contributed by atoms with Crippen LogP contribution in [0.25, 0.3) is 5.70 Å². The molecule has 1 aliphatic heterocycles. The van der Waals surface area contributed by atoms with Crippen LogP contribution in [0.4, 0.5) is 4.39 Å². The van der Waals surface area contributed by atoms with Gasteiger partial charge in [0.1, 0.15) is 17.5 Å². The molecule has 3 rings (SSSR count). The number of rotatable bonds is 3. The Morgan fingerprint density at radius 1 is 1.37 bits per heavy atom. The Morgan fingerprint density at radius 3 is 2.59 bits per heavy atom. The number of amides is 1. The molecule has 27 heavy (non-hydrogen) atoms. The van der Waals surface area contributed by atoms with Gasteiger partial charge in [-0.3, -0.25) is 9.59 Å². The number of nitrogens with zero attached hydrogens (tertiary/aromatic N) is 2. The molecule has 6 nitrogen and oxygen atoms in total. The van der Waals surface area contributed by atoms with Gasteiger partial charge in [-0.25, -0.2) is 4.39 Å². The van der Waals surface area contributed by atoms with Gasteiger partial charge >= 0.3 is 0 Å². The van der Waals surface area contributed by atoms with Gasteiger partial charge in [-0.15, -0.1) is 0 Å². The van der Waals surface area contributed by atoms with E-state index in [4.69, 9.17) is 4.74 Å². The minimum atomic E-state index is -0.604. The third-order valence-electron chi connectivity index (χ3n) is 5.53. The molecule has 2 aliphatic rings. The number of hydrogen-bond donors (Lipinski definition) is 1. The molecule has 0 aromatic heterocycles. The van der Waals surface area contributed by atoms with Crippen LogP contribution in [-0.4, -0.2) is 49.4 Å². The molecule has 0 atom stereocenters. The van der Waals surface area contributed by atoms with E-state index in [1.54, 1.807) is 13.2 Å². The number of methoxy groups -OCH3 is 1. The third kappa shape index (κ3) is 3.33. The molecule has 1 N–H and O–H groups in total. The lowest BCUT2D eigenvalue weighted by atomic mass is 9.84. The van der Waals surface area contributed by atoms with Gasteiger partial charge in [0, 0.05) is 50.4 Å². The predicted octanol–water partition coefficient (Wildman–Crippen LogP) is 2.05. The van der Waals surface area contributed by atoms with Crippen LogP contribution in [0.2, 0.25) is 0 Å². The number of Topliss-reactive ketones (excluding diaryl/α,β-unsaturated/α-hetero) is 1. The van der Waals surface area contributed by atoms with Crippen molar-refractivity contribution in [3.8, 4) is 6.07 Å². The van der Waals surface area contributed by atoms with Crippen molar-refractivity contribution in [2.75, 3.05) is 27.2 Å². The van der Waals surface area contributed by atoms with Crippen molar-refractivity contribution >= 4 is 17.4 Å². The number of carbonyl (C=O) groups excluding carboxylic acids is 2. The number of hydrogen-bond acceptors (Lipinski definition) is 5. The maximum Gasteiger partial charge on any atom is 0.251 e. The van der Waals surface area contributed by atoms with Crippen LogP contribution in [0.1, 0.15) is 41.3 Å². The molecule has 1 aliphatic carbocycles. The smallest absolute Gasteiger partial charge is 0.251 e. The van der Waals surface area contributed by atoms with Gasteiger partial charge in [-0.05, 0) is 31.9 Å². The number of ketones is 1. The number of likely N-dealkylation sites (tertiary alicyclic amines) is 1. The zero-order valence-corrected chi connectivity index (χ0v) is 15.7. The maximum atomic E-state index is 14.7. The Balaban J connectivity index is 2.12. The molecule has 1 aromatic rings. The fraction of sp³-hybridized carbons (Fsp3) is 0.450. The van der Waals surface area contributed by atoms with E-state index in [9.17, 15) is 19.2 Å². The van der Waals surface area contributed by atoms with Gasteiger partial charge in [0.05, 0.1) is 11.3 Å². The largest absolute Gasteiger partial charge is 0.378 e. The molecule has 0 saturated carbocycles. The molecule has 1 aromatic carbocycles. The Hall–Kier alpha value is -2.72. The van der Waals surface area contributed by atoms with Gasteiger partial charge in [0.2, 0.25) is 0 Å². The number of piperidine rings is 1. The zero-order valence-electron chi connectivity index (χ0n) is 15.7.